The van der Waals surface area contributed by atoms with Crippen LogP contribution in [0.2, 0.25) is 0 Å². The van der Waals surface area contributed by atoms with Crippen LogP contribution in [0.3, 0.4) is 0 Å². The van der Waals surface area contributed by atoms with Crippen molar-refractivity contribution in [1.29, 1.82) is 0 Å². The second-order valence-electron chi connectivity index (χ2n) is 3.84. The van der Waals surface area contributed by atoms with E-state index in [0.29, 0.717) is 5.95 Å². The van der Waals surface area contributed by atoms with Crippen molar-refractivity contribution in [1.82, 2.24) is 9.66 Å². The molecule has 0 bridgehead atoms. The first-order valence-corrected chi connectivity index (χ1v) is 5.97. The number of halogens is 1. The van der Waals surface area contributed by atoms with Gasteiger partial charge in [0.15, 0.2) is 0 Å². The molecule has 0 spiro atoms. The standard InChI is InChI=1S/C12H13BrN4/c1-8-5-10(3-4-11(8)13)6-15-17-7-9(2)16-12(17)14/h3-7H,1-2H3,(H2,14,16). The van der Waals surface area contributed by atoms with Crippen LogP contribution in [0.1, 0.15) is 16.8 Å². The molecule has 0 atom stereocenters. The Hall–Kier alpha value is -1.62. The first-order chi connectivity index (χ1) is 8.06. The van der Waals surface area contributed by atoms with Crippen LogP contribution in [0.5, 0.6) is 0 Å². The molecule has 0 aliphatic heterocycles. The third kappa shape index (κ3) is 2.74. The van der Waals surface area contributed by atoms with Gasteiger partial charge in [0.1, 0.15) is 0 Å². The van der Waals surface area contributed by atoms with Gasteiger partial charge in [-0.25, -0.2) is 9.66 Å². The summed E-state index contributed by atoms with van der Waals surface area (Å²) in [6.07, 6.45) is 3.55. The highest BCUT2D eigenvalue weighted by atomic mass is 79.9. The lowest BCUT2D eigenvalue weighted by atomic mass is 10.2. The molecule has 1 aromatic heterocycles. The monoisotopic (exact) mass is 292 g/mol. The van der Waals surface area contributed by atoms with E-state index in [4.69, 9.17) is 5.73 Å². The SMILES string of the molecule is Cc1cn(N=Cc2ccc(Br)c(C)c2)c(N)n1. The number of aromatic nitrogens is 2. The number of benzene rings is 1. The summed E-state index contributed by atoms with van der Waals surface area (Å²) in [6, 6.07) is 6.04. The Morgan fingerprint density at radius 3 is 2.76 bits per heavy atom. The highest BCUT2D eigenvalue weighted by molar-refractivity contribution is 9.10. The zero-order valence-corrected chi connectivity index (χ0v) is 11.3. The van der Waals surface area contributed by atoms with E-state index in [1.807, 2.05) is 32.0 Å². The molecule has 1 aromatic carbocycles. The molecule has 2 rings (SSSR count). The number of nitrogen functional groups attached to an aromatic ring is 1. The summed E-state index contributed by atoms with van der Waals surface area (Å²) in [5.74, 6) is 0.396. The van der Waals surface area contributed by atoms with Crippen molar-refractivity contribution in [2.75, 3.05) is 5.73 Å². The Balaban J connectivity index is 2.26. The van der Waals surface area contributed by atoms with E-state index in [9.17, 15) is 0 Å². The Labute approximate surface area is 108 Å². The second kappa shape index (κ2) is 4.71. The number of hydrogen-bond acceptors (Lipinski definition) is 3. The van der Waals surface area contributed by atoms with E-state index in [0.717, 1.165) is 15.7 Å². The van der Waals surface area contributed by atoms with Crippen LogP contribution in [-0.4, -0.2) is 15.9 Å². The van der Waals surface area contributed by atoms with E-state index in [2.05, 4.69) is 26.0 Å². The fourth-order valence-electron chi connectivity index (χ4n) is 1.47. The van der Waals surface area contributed by atoms with E-state index in [1.54, 1.807) is 17.1 Å². The summed E-state index contributed by atoms with van der Waals surface area (Å²) < 4.78 is 2.65. The molecule has 0 radical (unpaired) electrons. The van der Waals surface area contributed by atoms with Gasteiger partial charge >= 0.3 is 0 Å². The Bertz CT molecular complexity index is 572. The first kappa shape index (κ1) is 11.9. The molecule has 88 valence electrons. The minimum absolute atomic E-state index is 0.396. The summed E-state index contributed by atoms with van der Waals surface area (Å²) in [5, 5.41) is 4.26. The van der Waals surface area contributed by atoms with Gasteiger partial charge in [0, 0.05) is 4.47 Å². The molecule has 5 heteroatoms. The van der Waals surface area contributed by atoms with E-state index < -0.39 is 0 Å². The molecule has 0 saturated heterocycles. The minimum atomic E-state index is 0.396. The quantitative estimate of drug-likeness (QED) is 0.866. The van der Waals surface area contributed by atoms with Gasteiger partial charge in [0.25, 0.3) is 0 Å². The lowest BCUT2D eigenvalue weighted by Gasteiger charge is -1.99. The highest BCUT2D eigenvalue weighted by Crippen LogP contribution is 2.16. The molecule has 0 aliphatic rings. The maximum Gasteiger partial charge on any atom is 0.221 e. The molecular formula is C12H13BrN4. The van der Waals surface area contributed by atoms with Crippen LogP contribution >= 0.6 is 15.9 Å². The van der Waals surface area contributed by atoms with Crippen LogP contribution in [-0.2, 0) is 0 Å². The largest absolute Gasteiger partial charge is 0.368 e. The van der Waals surface area contributed by atoms with Gasteiger partial charge in [-0.3, -0.25) is 0 Å². The van der Waals surface area contributed by atoms with Crippen molar-refractivity contribution in [2.24, 2.45) is 5.10 Å². The van der Waals surface area contributed by atoms with Gasteiger partial charge in [-0.2, -0.15) is 5.10 Å². The van der Waals surface area contributed by atoms with Crippen LogP contribution < -0.4 is 5.73 Å². The van der Waals surface area contributed by atoms with Gasteiger partial charge in [0.2, 0.25) is 5.95 Å². The van der Waals surface area contributed by atoms with Crippen molar-refractivity contribution < 1.29 is 0 Å². The van der Waals surface area contributed by atoms with Crippen LogP contribution in [0.15, 0.2) is 34.0 Å². The highest BCUT2D eigenvalue weighted by Gasteiger charge is 1.99. The predicted molar refractivity (Wildman–Crippen MR) is 73.2 cm³/mol. The number of nitrogens with two attached hydrogens (primary N) is 1. The molecule has 2 aromatic rings. The number of nitrogens with zero attached hydrogens (tertiary/aromatic N) is 3. The van der Waals surface area contributed by atoms with Gasteiger partial charge in [-0.05, 0) is 37.1 Å². The molecule has 2 N–H and O–H groups in total. The minimum Gasteiger partial charge on any atom is -0.368 e. The molecule has 17 heavy (non-hydrogen) atoms. The van der Waals surface area contributed by atoms with Crippen molar-refractivity contribution in [3.8, 4) is 0 Å². The smallest absolute Gasteiger partial charge is 0.221 e. The zero-order chi connectivity index (χ0) is 12.4. The van der Waals surface area contributed by atoms with Crippen molar-refractivity contribution >= 4 is 28.1 Å². The van der Waals surface area contributed by atoms with Gasteiger partial charge in [-0.1, -0.05) is 22.0 Å². The average molecular weight is 293 g/mol. The lowest BCUT2D eigenvalue weighted by molar-refractivity contribution is 0.897. The zero-order valence-electron chi connectivity index (χ0n) is 9.68. The Kier molecular flexibility index (Phi) is 3.28. The number of imidazole rings is 1. The molecular weight excluding hydrogens is 280 g/mol. The third-order valence-electron chi connectivity index (χ3n) is 2.35. The lowest BCUT2D eigenvalue weighted by Crippen LogP contribution is -1.97. The van der Waals surface area contributed by atoms with Gasteiger partial charge in [0.05, 0.1) is 18.1 Å². The summed E-state index contributed by atoms with van der Waals surface area (Å²) in [4.78, 5) is 4.07. The van der Waals surface area contributed by atoms with Gasteiger partial charge < -0.3 is 5.73 Å². The molecule has 1 heterocycles. The maximum atomic E-state index is 5.69. The molecule has 0 amide bonds. The normalized spacial score (nSPS) is 11.2. The summed E-state index contributed by atoms with van der Waals surface area (Å²) >= 11 is 3.46. The van der Waals surface area contributed by atoms with E-state index in [-0.39, 0.29) is 0 Å². The first-order valence-electron chi connectivity index (χ1n) is 5.18. The second-order valence-corrected chi connectivity index (χ2v) is 4.69. The molecule has 0 unspecified atom stereocenters. The number of aryl methyl sites for hydroxylation is 2. The van der Waals surface area contributed by atoms with E-state index >= 15 is 0 Å². The van der Waals surface area contributed by atoms with Crippen LogP contribution in [0.4, 0.5) is 5.95 Å². The summed E-state index contributed by atoms with van der Waals surface area (Å²) in [7, 11) is 0. The van der Waals surface area contributed by atoms with Gasteiger partial charge in [-0.15, -0.1) is 0 Å². The van der Waals surface area contributed by atoms with Crippen LogP contribution in [0.25, 0.3) is 0 Å². The number of rotatable bonds is 2. The van der Waals surface area contributed by atoms with Crippen molar-refractivity contribution in [2.45, 2.75) is 13.8 Å². The fraction of sp³-hybridized carbons (Fsp3) is 0.167. The topological polar surface area (TPSA) is 56.2 Å². The third-order valence-corrected chi connectivity index (χ3v) is 3.24. The maximum absolute atomic E-state index is 5.69. The number of hydrogen-bond donors (Lipinski definition) is 1. The summed E-state index contributed by atoms with van der Waals surface area (Å²) in [6.45, 7) is 3.92. The summed E-state index contributed by atoms with van der Waals surface area (Å²) in [5.41, 5.74) is 8.74. The number of anilines is 1. The molecule has 0 aliphatic carbocycles. The van der Waals surface area contributed by atoms with Crippen LogP contribution in [0, 0.1) is 13.8 Å². The van der Waals surface area contributed by atoms with Crippen molar-refractivity contribution in [3.05, 3.63) is 45.7 Å². The molecule has 0 fully saturated rings. The Morgan fingerprint density at radius 1 is 1.41 bits per heavy atom. The Morgan fingerprint density at radius 2 is 2.18 bits per heavy atom. The predicted octanol–water partition coefficient (Wildman–Crippen LogP) is 2.73. The molecule has 0 saturated carbocycles. The van der Waals surface area contributed by atoms with Crippen molar-refractivity contribution in [3.63, 3.8) is 0 Å². The average Bonchev–Trinajstić information content (AvgIpc) is 2.59. The fourth-order valence-corrected chi connectivity index (χ4v) is 1.72. The van der Waals surface area contributed by atoms with E-state index in [1.165, 1.54) is 5.56 Å². The molecule has 4 nitrogen and oxygen atoms in total.